The number of aromatic nitrogens is 2. The molecule has 4 nitrogen and oxygen atoms in total. The number of anilines is 2. The van der Waals surface area contributed by atoms with Gasteiger partial charge in [0, 0.05) is 5.56 Å². The minimum absolute atomic E-state index is 0.284. The number of rotatable bonds is 6. The largest absolute Gasteiger partial charge is 0.383 e. The van der Waals surface area contributed by atoms with Crippen LogP contribution in [0, 0.1) is 0 Å². The first-order chi connectivity index (χ1) is 7.69. The van der Waals surface area contributed by atoms with Crippen LogP contribution in [0.15, 0.2) is 0 Å². The number of nitrogens with zero attached hydrogens (tertiary/aromatic N) is 2. The molecule has 0 aliphatic carbocycles. The summed E-state index contributed by atoms with van der Waals surface area (Å²) < 4.78 is 0. The van der Waals surface area contributed by atoms with Crippen LogP contribution in [0.1, 0.15) is 50.8 Å². The lowest BCUT2D eigenvalue weighted by atomic mass is 10.0. The number of unbranched alkanes of at least 4 members (excludes halogenated alkanes) is 3. The molecular weight excluding hydrogens is 200 g/mol. The van der Waals surface area contributed by atoms with Crippen molar-refractivity contribution in [2.75, 3.05) is 11.5 Å². The molecule has 0 radical (unpaired) electrons. The van der Waals surface area contributed by atoms with E-state index in [-0.39, 0.29) is 5.95 Å². The van der Waals surface area contributed by atoms with Crippen LogP contribution in [0.25, 0.3) is 0 Å². The van der Waals surface area contributed by atoms with Gasteiger partial charge in [-0.3, -0.25) is 0 Å². The van der Waals surface area contributed by atoms with Gasteiger partial charge < -0.3 is 11.5 Å². The molecule has 0 aromatic carbocycles. The third-order valence-electron chi connectivity index (χ3n) is 2.76. The molecule has 0 unspecified atom stereocenters. The van der Waals surface area contributed by atoms with Gasteiger partial charge in [-0.2, -0.15) is 4.98 Å². The maximum absolute atomic E-state index is 5.88. The smallest absolute Gasteiger partial charge is 0.222 e. The second-order valence-corrected chi connectivity index (χ2v) is 4.06. The monoisotopic (exact) mass is 222 g/mol. The third kappa shape index (κ3) is 3.36. The second kappa shape index (κ2) is 6.30. The number of hydrogen-bond acceptors (Lipinski definition) is 4. The second-order valence-electron chi connectivity index (χ2n) is 4.06. The molecule has 0 spiro atoms. The highest BCUT2D eigenvalue weighted by atomic mass is 15.0. The zero-order valence-corrected chi connectivity index (χ0v) is 10.3. The van der Waals surface area contributed by atoms with Crippen LogP contribution >= 0.6 is 0 Å². The van der Waals surface area contributed by atoms with Crippen molar-refractivity contribution in [2.24, 2.45) is 0 Å². The summed E-state index contributed by atoms with van der Waals surface area (Å²) in [4.78, 5) is 8.26. The Labute approximate surface area is 97.5 Å². The van der Waals surface area contributed by atoms with Crippen LogP contribution in [0.4, 0.5) is 11.8 Å². The Morgan fingerprint density at radius 1 is 1.00 bits per heavy atom. The fourth-order valence-corrected chi connectivity index (χ4v) is 1.86. The first kappa shape index (κ1) is 12.7. The molecule has 4 N–H and O–H groups in total. The highest BCUT2D eigenvalue weighted by Gasteiger charge is 2.09. The quantitative estimate of drug-likeness (QED) is 0.724. The maximum Gasteiger partial charge on any atom is 0.222 e. The van der Waals surface area contributed by atoms with Gasteiger partial charge in [-0.15, -0.1) is 0 Å². The van der Waals surface area contributed by atoms with Crippen LogP contribution in [0.3, 0.4) is 0 Å². The summed E-state index contributed by atoms with van der Waals surface area (Å²) in [6.45, 7) is 4.27. The van der Waals surface area contributed by atoms with Crippen molar-refractivity contribution in [3.8, 4) is 0 Å². The zero-order chi connectivity index (χ0) is 12.0. The fraction of sp³-hybridized carbons (Fsp3) is 0.667. The Kier molecular flexibility index (Phi) is 5.02. The molecule has 0 amide bonds. The van der Waals surface area contributed by atoms with Crippen molar-refractivity contribution in [1.29, 1.82) is 0 Å². The van der Waals surface area contributed by atoms with Crippen molar-refractivity contribution in [2.45, 2.75) is 52.4 Å². The van der Waals surface area contributed by atoms with Crippen LogP contribution in [-0.2, 0) is 12.8 Å². The predicted octanol–water partition coefficient (Wildman–Crippen LogP) is 2.33. The average molecular weight is 222 g/mol. The first-order valence-corrected chi connectivity index (χ1v) is 6.09. The molecule has 1 heterocycles. The lowest BCUT2D eigenvalue weighted by Crippen LogP contribution is -2.08. The van der Waals surface area contributed by atoms with Gasteiger partial charge in [0.2, 0.25) is 5.95 Å². The van der Waals surface area contributed by atoms with Gasteiger partial charge >= 0.3 is 0 Å². The standard InChI is InChI=1S/C12H22N4/c1-3-5-6-7-8-9-10(4-2)15-12(14)16-11(9)13/h3-8H2,1-2H3,(H4,13,14,15,16). The topological polar surface area (TPSA) is 77.8 Å². The van der Waals surface area contributed by atoms with Crippen molar-refractivity contribution in [3.05, 3.63) is 11.3 Å². The SMILES string of the molecule is CCCCCCc1c(N)nc(N)nc1CC. The van der Waals surface area contributed by atoms with Crippen molar-refractivity contribution < 1.29 is 0 Å². The lowest BCUT2D eigenvalue weighted by Gasteiger charge is -2.10. The number of nitrogens with two attached hydrogens (primary N) is 2. The Morgan fingerprint density at radius 3 is 2.38 bits per heavy atom. The fourth-order valence-electron chi connectivity index (χ4n) is 1.86. The number of nitrogen functional groups attached to an aromatic ring is 2. The Balaban J connectivity index is 2.70. The van der Waals surface area contributed by atoms with E-state index in [9.17, 15) is 0 Å². The molecule has 0 fully saturated rings. The van der Waals surface area contributed by atoms with Crippen molar-refractivity contribution in [3.63, 3.8) is 0 Å². The highest BCUT2D eigenvalue weighted by Crippen LogP contribution is 2.18. The lowest BCUT2D eigenvalue weighted by molar-refractivity contribution is 0.663. The van der Waals surface area contributed by atoms with Gasteiger partial charge in [-0.1, -0.05) is 33.1 Å². The molecular formula is C12H22N4. The van der Waals surface area contributed by atoms with Gasteiger partial charge in [-0.25, -0.2) is 4.98 Å². The van der Waals surface area contributed by atoms with Gasteiger partial charge in [0.25, 0.3) is 0 Å². The summed E-state index contributed by atoms with van der Waals surface area (Å²) >= 11 is 0. The van der Waals surface area contributed by atoms with E-state index >= 15 is 0 Å². The molecule has 0 aliphatic rings. The third-order valence-corrected chi connectivity index (χ3v) is 2.76. The summed E-state index contributed by atoms with van der Waals surface area (Å²) in [5, 5.41) is 0. The van der Waals surface area contributed by atoms with E-state index in [1.807, 2.05) is 0 Å². The molecule has 0 aliphatic heterocycles. The van der Waals surface area contributed by atoms with E-state index in [0.717, 1.165) is 30.5 Å². The van der Waals surface area contributed by atoms with E-state index < -0.39 is 0 Å². The molecule has 1 aromatic heterocycles. The van der Waals surface area contributed by atoms with Crippen LogP contribution in [0.2, 0.25) is 0 Å². The van der Waals surface area contributed by atoms with Crippen LogP contribution in [-0.4, -0.2) is 9.97 Å². The van der Waals surface area contributed by atoms with E-state index in [1.54, 1.807) is 0 Å². The minimum Gasteiger partial charge on any atom is -0.383 e. The Morgan fingerprint density at radius 2 is 1.75 bits per heavy atom. The maximum atomic E-state index is 5.88. The van der Waals surface area contributed by atoms with Crippen molar-refractivity contribution in [1.82, 2.24) is 9.97 Å². The van der Waals surface area contributed by atoms with Gasteiger partial charge in [0.15, 0.2) is 0 Å². The molecule has 0 saturated heterocycles. The Hall–Kier alpha value is -1.32. The summed E-state index contributed by atoms with van der Waals surface area (Å²) in [5.41, 5.74) is 13.6. The van der Waals surface area contributed by atoms with Crippen LogP contribution in [0.5, 0.6) is 0 Å². The van der Waals surface area contributed by atoms with Crippen LogP contribution < -0.4 is 11.5 Å². The van der Waals surface area contributed by atoms with E-state index in [1.165, 1.54) is 19.3 Å². The van der Waals surface area contributed by atoms with Gasteiger partial charge in [-0.05, 0) is 19.3 Å². The molecule has 1 rings (SSSR count). The summed E-state index contributed by atoms with van der Waals surface area (Å²) in [6.07, 6.45) is 6.74. The molecule has 16 heavy (non-hydrogen) atoms. The average Bonchev–Trinajstić information content (AvgIpc) is 2.26. The zero-order valence-electron chi connectivity index (χ0n) is 10.3. The Bertz CT molecular complexity index is 336. The number of hydrogen-bond donors (Lipinski definition) is 2. The molecule has 0 bridgehead atoms. The highest BCUT2D eigenvalue weighted by molar-refractivity contribution is 5.45. The molecule has 4 heteroatoms. The van der Waals surface area contributed by atoms with Gasteiger partial charge in [0.05, 0.1) is 5.69 Å². The molecule has 90 valence electrons. The summed E-state index contributed by atoms with van der Waals surface area (Å²) in [6, 6.07) is 0. The summed E-state index contributed by atoms with van der Waals surface area (Å²) in [7, 11) is 0. The van der Waals surface area contributed by atoms with Crippen molar-refractivity contribution >= 4 is 11.8 Å². The van der Waals surface area contributed by atoms with Gasteiger partial charge in [0.1, 0.15) is 5.82 Å². The first-order valence-electron chi connectivity index (χ1n) is 6.09. The van der Waals surface area contributed by atoms with E-state index in [4.69, 9.17) is 11.5 Å². The van der Waals surface area contributed by atoms with E-state index in [0.29, 0.717) is 5.82 Å². The molecule has 0 atom stereocenters. The normalized spacial score (nSPS) is 10.6. The molecule has 0 saturated carbocycles. The predicted molar refractivity (Wildman–Crippen MR) is 68.1 cm³/mol. The summed E-state index contributed by atoms with van der Waals surface area (Å²) in [5.74, 6) is 0.840. The minimum atomic E-state index is 0.284. The van der Waals surface area contributed by atoms with E-state index in [2.05, 4.69) is 23.8 Å². The molecule has 1 aromatic rings. The number of aryl methyl sites for hydroxylation is 1.